The number of imidazole rings is 1. The maximum absolute atomic E-state index is 13.9. The molecule has 8 heteroatoms. The molecule has 0 radical (unpaired) electrons. The number of methoxy groups -OCH3 is 1. The molecule has 0 spiro atoms. The number of rotatable bonds is 5. The second kappa shape index (κ2) is 11.0. The second-order valence-electron chi connectivity index (χ2n) is 11.5. The van der Waals surface area contributed by atoms with Gasteiger partial charge in [0, 0.05) is 49.9 Å². The van der Waals surface area contributed by atoms with Crippen LogP contribution in [0.5, 0.6) is 0 Å². The molecule has 2 aromatic carbocycles. The predicted molar refractivity (Wildman–Crippen MR) is 156 cm³/mol. The number of aromatic amines is 1. The Balaban J connectivity index is 1.24. The van der Waals surface area contributed by atoms with Crippen molar-refractivity contribution in [3.63, 3.8) is 0 Å². The van der Waals surface area contributed by atoms with Gasteiger partial charge in [-0.3, -0.25) is 4.79 Å². The molecule has 0 atom stereocenters. The zero-order valence-corrected chi connectivity index (χ0v) is 23.8. The first-order valence-electron chi connectivity index (χ1n) is 14.6. The monoisotopic (exact) mass is 541 g/mol. The number of hydrogen-bond donors (Lipinski definition) is 2. The van der Waals surface area contributed by atoms with Crippen molar-refractivity contribution in [1.29, 1.82) is 0 Å². The van der Waals surface area contributed by atoms with Crippen molar-refractivity contribution in [2.24, 2.45) is 0 Å². The lowest BCUT2D eigenvalue weighted by Gasteiger charge is -2.33. The fraction of sp³-hybridized carbons (Fsp3) is 0.469. The summed E-state index contributed by atoms with van der Waals surface area (Å²) >= 11 is 0. The van der Waals surface area contributed by atoms with Gasteiger partial charge in [0.05, 0.1) is 25.0 Å². The molecule has 6 rings (SSSR count). The number of fused-ring (bicyclic) bond motifs is 1. The van der Waals surface area contributed by atoms with Crippen LogP contribution < -0.4 is 5.32 Å². The summed E-state index contributed by atoms with van der Waals surface area (Å²) in [6.45, 7) is 4.63. The Morgan fingerprint density at radius 2 is 1.75 bits per heavy atom. The standard InChI is InChI=1S/C32H39N5O3/c1-20-17-26(23-5-4-6-23)27(30-34-28-13-16-37(32(39)40-3)19-29(28)35-30)18-25(20)31(38)36-14-11-22(12-15-36)21-7-9-24(33-2)10-8-21/h7-10,17-18,22-23,33H,4-6,11-16,19H2,1-3H3,(H,34,35). The van der Waals surface area contributed by atoms with E-state index >= 15 is 0 Å². The van der Waals surface area contributed by atoms with E-state index in [1.165, 1.54) is 37.5 Å². The van der Waals surface area contributed by atoms with Crippen molar-refractivity contribution < 1.29 is 14.3 Å². The number of nitrogens with zero attached hydrogens (tertiary/aromatic N) is 3. The van der Waals surface area contributed by atoms with E-state index in [2.05, 4.69) is 53.6 Å². The number of piperidine rings is 1. The van der Waals surface area contributed by atoms with Crippen molar-refractivity contribution in [1.82, 2.24) is 19.8 Å². The van der Waals surface area contributed by atoms with Crippen molar-refractivity contribution in [2.45, 2.75) is 63.8 Å². The molecule has 1 saturated heterocycles. The van der Waals surface area contributed by atoms with Crippen LogP contribution in [0.15, 0.2) is 36.4 Å². The zero-order valence-electron chi connectivity index (χ0n) is 23.8. The van der Waals surface area contributed by atoms with Crippen LogP contribution in [-0.4, -0.2) is 65.6 Å². The smallest absolute Gasteiger partial charge is 0.409 e. The average molecular weight is 542 g/mol. The third-order valence-corrected chi connectivity index (χ3v) is 9.14. The van der Waals surface area contributed by atoms with E-state index in [4.69, 9.17) is 9.72 Å². The first-order valence-corrected chi connectivity index (χ1v) is 14.6. The van der Waals surface area contributed by atoms with Crippen molar-refractivity contribution in [3.8, 4) is 11.4 Å². The highest BCUT2D eigenvalue weighted by molar-refractivity contribution is 5.97. The molecule has 3 aromatic rings. The maximum Gasteiger partial charge on any atom is 0.409 e. The van der Waals surface area contributed by atoms with E-state index in [9.17, 15) is 9.59 Å². The van der Waals surface area contributed by atoms with Crippen molar-refractivity contribution in [2.75, 3.05) is 39.1 Å². The normalized spacial score (nSPS) is 17.8. The van der Waals surface area contributed by atoms with Crippen molar-refractivity contribution >= 4 is 17.7 Å². The molecule has 2 N–H and O–H groups in total. The number of likely N-dealkylation sites (tertiary alicyclic amines) is 1. The first-order chi connectivity index (χ1) is 19.4. The molecule has 3 heterocycles. The van der Waals surface area contributed by atoms with Crippen LogP contribution in [0, 0.1) is 6.92 Å². The molecule has 1 aliphatic carbocycles. The van der Waals surface area contributed by atoms with Gasteiger partial charge in [-0.2, -0.15) is 0 Å². The van der Waals surface area contributed by atoms with Crippen LogP contribution in [0.25, 0.3) is 11.4 Å². The Morgan fingerprint density at radius 1 is 1.00 bits per heavy atom. The van der Waals surface area contributed by atoms with E-state index in [1.807, 2.05) is 11.9 Å². The van der Waals surface area contributed by atoms with E-state index in [1.54, 1.807) is 4.90 Å². The lowest BCUT2D eigenvalue weighted by atomic mass is 9.77. The van der Waals surface area contributed by atoms with Crippen LogP contribution in [0.1, 0.15) is 82.4 Å². The van der Waals surface area contributed by atoms with Gasteiger partial charge in [-0.05, 0) is 79.3 Å². The number of carbonyl (C=O) groups excluding carboxylic acids is 2. The van der Waals surface area contributed by atoms with Crippen LogP contribution in [0.4, 0.5) is 10.5 Å². The SMILES string of the molecule is CNc1ccc(C2CCN(C(=O)c3cc(-c4nc5c([nH]4)CN(C(=O)OC)CC5)c(C4CCC4)cc3C)CC2)cc1. The average Bonchev–Trinajstić information content (AvgIpc) is 3.39. The van der Waals surface area contributed by atoms with Crippen LogP contribution >= 0.6 is 0 Å². The number of hydrogen-bond acceptors (Lipinski definition) is 5. The fourth-order valence-electron chi connectivity index (χ4n) is 6.44. The van der Waals surface area contributed by atoms with E-state index in [-0.39, 0.29) is 12.0 Å². The topological polar surface area (TPSA) is 90.6 Å². The Bertz CT molecular complexity index is 1400. The molecule has 1 aromatic heterocycles. The molecule has 210 valence electrons. The second-order valence-corrected chi connectivity index (χ2v) is 11.5. The van der Waals surface area contributed by atoms with Gasteiger partial charge in [-0.25, -0.2) is 9.78 Å². The highest BCUT2D eigenvalue weighted by atomic mass is 16.5. The number of benzene rings is 2. The van der Waals surface area contributed by atoms with Gasteiger partial charge in [-0.15, -0.1) is 0 Å². The number of aryl methyl sites for hydroxylation is 1. The van der Waals surface area contributed by atoms with Gasteiger partial charge in [-0.1, -0.05) is 24.6 Å². The predicted octanol–water partition coefficient (Wildman–Crippen LogP) is 5.84. The van der Waals surface area contributed by atoms with E-state index in [0.29, 0.717) is 31.3 Å². The minimum Gasteiger partial charge on any atom is -0.453 e. The van der Waals surface area contributed by atoms with Gasteiger partial charge in [0.2, 0.25) is 0 Å². The van der Waals surface area contributed by atoms with Gasteiger partial charge in [0.15, 0.2) is 0 Å². The Morgan fingerprint density at radius 3 is 2.40 bits per heavy atom. The number of amides is 2. The van der Waals surface area contributed by atoms with Crippen LogP contribution in [0.2, 0.25) is 0 Å². The number of ether oxygens (including phenoxy) is 1. The first kappa shape index (κ1) is 26.4. The molecule has 40 heavy (non-hydrogen) atoms. The Hall–Kier alpha value is -3.81. The summed E-state index contributed by atoms with van der Waals surface area (Å²) < 4.78 is 4.93. The summed E-state index contributed by atoms with van der Waals surface area (Å²) in [7, 11) is 3.35. The minimum atomic E-state index is -0.320. The summed E-state index contributed by atoms with van der Waals surface area (Å²) in [6.07, 6.45) is 5.87. The summed E-state index contributed by atoms with van der Waals surface area (Å²) in [5.74, 6) is 1.88. The highest BCUT2D eigenvalue weighted by Crippen LogP contribution is 2.42. The molecule has 2 aliphatic heterocycles. The zero-order chi connectivity index (χ0) is 27.8. The van der Waals surface area contributed by atoms with Gasteiger partial charge in [0.1, 0.15) is 5.82 Å². The molecule has 8 nitrogen and oxygen atoms in total. The fourth-order valence-corrected chi connectivity index (χ4v) is 6.44. The molecule has 0 bridgehead atoms. The molecule has 2 fully saturated rings. The number of nitrogens with one attached hydrogen (secondary N) is 2. The molecule has 0 unspecified atom stereocenters. The maximum atomic E-state index is 13.9. The number of anilines is 1. The van der Waals surface area contributed by atoms with E-state index in [0.717, 1.165) is 65.5 Å². The van der Waals surface area contributed by atoms with Crippen LogP contribution in [-0.2, 0) is 17.7 Å². The lowest BCUT2D eigenvalue weighted by molar-refractivity contribution is 0.0712. The van der Waals surface area contributed by atoms with Gasteiger partial charge < -0.3 is 24.8 Å². The molecular formula is C32H39N5O3. The third-order valence-electron chi connectivity index (χ3n) is 9.14. The van der Waals surface area contributed by atoms with Gasteiger partial charge in [0.25, 0.3) is 5.91 Å². The summed E-state index contributed by atoms with van der Waals surface area (Å²) in [5, 5.41) is 3.18. The Kier molecular flexibility index (Phi) is 7.26. The third kappa shape index (κ3) is 4.95. The molecule has 2 amide bonds. The summed E-state index contributed by atoms with van der Waals surface area (Å²) in [5.41, 5.74) is 8.51. The van der Waals surface area contributed by atoms with E-state index < -0.39 is 0 Å². The number of H-pyrrole nitrogens is 1. The van der Waals surface area contributed by atoms with Crippen molar-refractivity contribution in [3.05, 3.63) is 70.0 Å². The highest BCUT2D eigenvalue weighted by Gasteiger charge is 2.31. The molecule has 3 aliphatic rings. The Labute approximate surface area is 236 Å². The minimum absolute atomic E-state index is 0.107. The summed E-state index contributed by atoms with van der Waals surface area (Å²) in [4.78, 5) is 38.2. The van der Waals surface area contributed by atoms with Gasteiger partial charge >= 0.3 is 6.09 Å². The lowest BCUT2D eigenvalue weighted by Crippen LogP contribution is -2.38. The number of carbonyl (C=O) groups is 2. The molecular weight excluding hydrogens is 502 g/mol. The quantitative estimate of drug-likeness (QED) is 0.424. The van der Waals surface area contributed by atoms with Crippen LogP contribution in [0.3, 0.4) is 0 Å². The largest absolute Gasteiger partial charge is 0.453 e. The molecule has 1 saturated carbocycles. The number of aromatic nitrogens is 2. The summed E-state index contributed by atoms with van der Waals surface area (Å²) in [6, 6.07) is 13.0.